The van der Waals surface area contributed by atoms with Gasteiger partial charge in [-0.15, -0.1) is 0 Å². The minimum atomic E-state index is -0.206. The van der Waals surface area contributed by atoms with Gasteiger partial charge in [0, 0.05) is 25.4 Å². The van der Waals surface area contributed by atoms with Crippen molar-refractivity contribution in [2.45, 2.75) is 13.3 Å². The molecule has 1 aliphatic heterocycles. The molecule has 0 aromatic rings. The van der Waals surface area contributed by atoms with Crippen molar-refractivity contribution in [3.63, 3.8) is 0 Å². The van der Waals surface area contributed by atoms with E-state index in [1.54, 1.807) is 12.3 Å². The number of aliphatic imine (C=N–C) groups is 2. The van der Waals surface area contributed by atoms with Gasteiger partial charge in [-0.2, -0.15) is 0 Å². The van der Waals surface area contributed by atoms with E-state index in [2.05, 4.69) is 22.0 Å². The van der Waals surface area contributed by atoms with Crippen LogP contribution in [0.4, 0.5) is 0 Å². The highest BCUT2D eigenvalue weighted by atomic mass is 16.2. The van der Waals surface area contributed by atoms with Crippen LogP contribution in [0.3, 0.4) is 0 Å². The summed E-state index contributed by atoms with van der Waals surface area (Å²) >= 11 is 0. The normalized spacial score (nSPS) is 17.6. The minimum Gasteiger partial charge on any atom is -0.351 e. The first kappa shape index (κ1) is 12.1. The first-order valence-electron chi connectivity index (χ1n) is 5.12. The van der Waals surface area contributed by atoms with Crippen LogP contribution in [0.1, 0.15) is 13.3 Å². The highest BCUT2D eigenvalue weighted by Gasteiger charge is 2.04. The second kappa shape index (κ2) is 6.50. The molecule has 16 heavy (non-hydrogen) atoms. The molecule has 0 aromatic heterocycles. The molecule has 0 aliphatic carbocycles. The van der Waals surface area contributed by atoms with Crippen molar-refractivity contribution < 1.29 is 4.79 Å². The molecule has 0 aromatic carbocycles. The average Bonchev–Trinajstić information content (AvgIpc) is 2.31. The molecule has 1 N–H and O–H groups in total. The fraction of sp³-hybridized carbons (Fsp3) is 0.250. The minimum absolute atomic E-state index is 0.206. The lowest BCUT2D eigenvalue weighted by Gasteiger charge is -2.02. The molecule has 0 fully saturated rings. The zero-order chi connectivity index (χ0) is 11.8. The van der Waals surface area contributed by atoms with Gasteiger partial charge < -0.3 is 5.32 Å². The number of allylic oxidation sites excluding steroid dienone is 4. The van der Waals surface area contributed by atoms with E-state index in [0.29, 0.717) is 12.2 Å². The van der Waals surface area contributed by atoms with E-state index in [4.69, 9.17) is 0 Å². The van der Waals surface area contributed by atoms with Crippen LogP contribution in [0.25, 0.3) is 0 Å². The number of nitrogens with zero attached hydrogens (tertiary/aromatic N) is 2. The van der Waals surface area contributed by atoms with Gasteiger partial charge in [-0.1, -0.05) is 6.08 Å². The highest BCUT2D eigenvalue weighted by Crippen LogP contribution is 2.08. The Hall–Kier alpha value is -1.97. The van der Waals surface area contributed by atoms with Crippen LogP contribution in [0.2, 0.25) is 0 Å². The first-order chi connectivity index (χ1) is 7.77. The zero-order valence-corrected chi connectivity index (χ0v) is 9.31. The van der Waals surface area contributed by atoms with Gasteiger partial charge in [-0.3, -0.25) is 14.8 Å². The average molecular weight is 217 g/mol. The Morgan fingerprint density at radius 1 is 1.75 bits per heavy atom. The summed E-state index contributed by atoms with van der Waals surface area (Å²) in [5, 5.41) is 2.67. The first-order valence-corrected chi connectivity index (χ1v) is 5.12. The molecule has 1 amide bonds. The fourth-order valence-electron chi connectivity index (χ4n) is 1.19. The lowest BCUT2D eigenvalue weighted by atomic mass is 10.1. The van der Waals surface area contributed by atoms with E-state index >= 15 is 0 Å². The lowest BCUT2D eigenvalue weighted by Crippen LogP contribution is -2.23. The summed E-state index contributed by atoms with van der Waals surface area (Å²) < 4.78 is 0. The summed E-state index contributed by atoms with van der Waals surface area (Å²) in [4.78, 5) is 19.1. The molecule has 0 unspecified atom stereocenters. The standard InChI is InChI=1S/C12H15N3O/c1-3-15-12(16)11(13-2)5-4-10-6-8-14-9-7-10/h4-6,8-9H,2-3,7H2,1H3,(H,15,16)/b10-4-,11-5-. The molecule has 0 saturated carbocycles. The number of nitrogens with one attached hydrogen (secondary N) is 1. The maximum atomic E-state index is 11.5. The molecule has 0 atom stereocenters. The third-order valence-corrected chi connectivity index (χ3v) is 2.00. The molecule has 1 aliphatic rings. The van der Waals surface area contributed by atoms with Gasteiger partial charge in [-0.25, -0.2) is 0 Å². The van der Waals surface area contributed by atoms with Gasteiger partial charge in [0.2, 0.25) is 0 Å². The monoisotopic (exact) mass is 217 g/mol. The summed E-state index contributed by atoms with van der Waals surface area (Å²) in [5.74, 6) is -0.206. The predicted octanol–water partition coefficient (Wildman–Crippen LogP) is 1.62. The van der Waals surface area contributed by atoms with E-state index in [0.717, 1.165) is 12.0 Å². The Kier molecular flexibility index (Phi) is 4.92. The van der Waals surface area contributed by atoms with Crippen molar-refractivity contribution in [1.29, 1.82) is 0 Å². The molecule has 0 saturated heterocycles. The lowest BCUT2D eigenvalue weighted by molar-refractivity contribution is -0.117. The maximum Gasteiger partial charge on any atom is 0.269 e. The maximum absolute atomic E-state index is 11.5. The van der Waals surface area contributed by atoms with Gasteiger partial charge in [0.1, 0.15) is 5.70 Å². The van der Waals surface area contributed by atoms with E-state index in [1.807, 2.05) is 25.3 Å². The number of hydrogen-bond acceptors (Lipinski definition) is 3. The Morgan fingerprint density at radius 2 is 2.56 bits per heavy atom. The quantitative estimate of drug-likeness (QED) is 0.564. The Labute approximate surface area is 95.2 Å². The summed E-state index contributed by atoms with van der Waals surface area (Å²) in [5.41, 5.74) is 1.41. The molecule has 0 radical (unpaired) electrons. The van der Waals surface area contributed by atoms with Crippen molar-refractivity contribution in [2.24, 2.45) is 9.98 Å². The molecule has 1 heterocycles. The van der Waals surface area contributed by atoms with Crippen molar-refractivity contribution in [3.8, 4) is 0 Å². The van der Waals surface area contributed by atoms with Gasteiger partial charge in [0.15, 0.2) is 0 Å². The van der Waals surface area contributed by atoms with Crippen LogP contribution in [0, 0.1) is 0 Å². The topological polar surface area (TPSA) is 53.8 Å². The summed E-state index contributed by atoms with van der Waals surface area (Å²) in [7, 11) is 0. The molecule has 4 nitrogen and oxygen atoms in total. The predicted molar refractivity (Wildman–Crippen MR) is 66.6 cm³/mol. The van der Waals surface area contributed by atoms with Crippen LogP contribution in [-0.2, 0) is 4.79 Å². The molecule has 0 bridgehead atoms. The largest absolute Gasteiger partial charge is 0.351 e. The molecular formula is C12H15N3O. The van der Waals surface area contributed by atoms with E-state index in [9.17, 15) is 4.79 Å². The Bertz CT molecular complexity index is 389. The number of hydrogen-bond donors (Lipinski definition) is 1. The van der Waals surface area contributed by atoms with Gasteiger partial charge in [-0.05, 0) is 31.4 Å². The Morgan fingerprint density at radius 3 is 3.12 bits per heavy atom. The molecule has 4 heteroatoms. The van der Waals surface area contributed by atoms with Crippen LogP contribution >= 0.6 is 0 Å². The Balaban J connectivity index is 2.73. The summed E-state index contributed by atoms with van der Waals surface area (Å²) in [6, 6.07) is 0. The number of carbonyl (C=O) groups is 1. The van der Waals surface area contributed by atoms with Crippen molar-refractivity contribution >= 4 is 18.8 Å². The third-order valence-electron chi connectivity index (χ3n) is 2.00. The summed E-state index contributed by atoms with van der Waals surface area (Å²) in [6.45, 7) is 5.81. The number of rotatable bonds is 4. The van der Waals surface area contributed by atoms with Gasteiger partial charge in [0.25, 0.3) is 5.91 Å². The SMILES string of the molecule is C=N/C(=C\C=C1\C=CN=CC1)C(=O)NCC. The van der Waals surface area contributed by atoms with Gasteiger partial charge >= 0.3 is 0 Å². The van der Waals surface area contributed by atoms with Crippen LogP contribution < -0.4 is 5.32 Å². The van der Waals surface area contributed by atoms with E-state index < -0.39 is 0 Å². The van der Waals surface area contributed by atoms with E-state index in [1.165, 1.54) is 0 Å². The van der Waals surface area contributed by atoms with Gasteiger partial charge in [0.05, 0.1) is 0 Å². The molecule has 1 rings (SSSR count). The summed E-state index contributed by atoms with van der Waals surface area (Å²) in [6.07, 6.45) is 9.71. The van der Waals surface area contributed by atoms with Crippen molar-refractivity contribution in [2.75, 3.05) is 6.54 Å². The van der Waals surface area contributed by atoms with Crippen molar-refractivity contribution in [3.05, 3.63) is 35.7 Å². The fourth-order valence-corrected chi connectivity index (χ4v) is 1.19. The number of likely N-dealkylation sites (N-methyl/N-ethyl adjacent to an activating group) is 1. The molecular weight excluding hydrogens is 202 g/mol. The second-order valence-electron chi connectivity index (χ2n) is 3.16. The highest BCUT2D eigenvalue weighted by molar-refractivity contribution is 5.94. The number of carbonyl (C=O) groups excluding carboxylic acids is 1. The van der Waals surface area contributed by atoms with Crippen LogP contribution in [-0.4, -0.2) is 25.4 Å². The van der Waals surface area contributed by atoms with E-state index in [-0.39, 0.29) is 5.91 Å². The van der Waals surface area contributed by atoms with Crippen LogP contribution in [0.15, 0.2) is 45.7 Å². The smallest absolute Gasteiger partial charge is 0.269 e. The van der Waals surface area contributed by atoms with Crippen molar-refractivity contribution in [1.82, 2.24) is 5.32 Å². The zero-order valence-electron chi connectivity index (χ0n) is 9.31. The molecule has 84 valence electrons. The van der Waals surface area contributed by atoms with Crippen LogP contribution in [0.5, 0.6) is 0 Å². The molecule has 0 spiro atoms. The third kappa shape index (κ3) is 3.65. The second-order valence-corrected chi connectivity index (χ2v) is 3.16. The number of amides is 1.